The SMILES string of the molecule is Cc1c(C(=O)N2CCN(C(=O)C3CC3)CC2)oc2c(F)cccc12. The molecular formula is C18H19FN2O3. The van der Waals surface area contributed by atoms with E-state index in [4.69, 9.17) is 4.42 Å². The Morgan fingerprint density at radius 2 is 1.79 bits per heavy atom. The fourth-order valence-electron chi connectivity index (χ4n) is 3.27. The topological polar surface area (TPSA) is 53.8 Å². The number of benzene rings is 1. The smallest absolute Gasteiger partial charge is 0.290 e. The van der Waals surface area contributed by atoms with Crippen LogP contribution in [0.2, 0.25) is 0 Å². The molecule has 2 aromatic rings. The first-order valence-corrected chi connectivity index (χ1v) is 8.32. The number of fused-ring (bicyclic) bond motifs is 1. The zero-order valence-corrected chi connectivity index (χ0v) is 13.5. The van der Waals surface area contributed by atoms with Crippen molar-refractivity contribution in [2.24, 2.45) is 5.92 Å². The highest BCUT2D eigenvalue weighted by atomic mass is 19.1. The van der Waals surface area contributed by atoms with Crippen LogP contribution in [0.15, 0.2) is 22.6 Å². The molecule has 1 aromatic carbocycles. The summed E-state index contributed by atoms with van der Waals surface area (Å²) in [7, 11) is 0. The number of para-hydroxylation sites is 1. The van der Waals surface area contributed by atoms with E-state index in [0.717, 1.165) is 12.8 Å². The maximum Gasteiger partial charge on any atom is 0.290 e. The summed E-state index contributed by atoms with van der Waals surface area (Å²) < 4.78 is 19.4. The van der Waals surface area contributed by atoms with Crippen molar-refractivity contribution in [3.8, 4) is 0 Å². The molecule has 1 aliphatic heterocycles. The van der Waals surface area contributed by atoms with E-state index < -0.39 is 5.82 Å². The second kappa shape index (κ2) is 5.61. The Bertz CT molecular complexity index is 817. The Balaban J connectivity index is 1.51. The standard InChI is InChI=1S/C18H19FN2O3/c1-11-13-3-2-4-14(19)16(13)24-15(11)18(23)21-9-7-20(8-10-21)17(22)12-5-6-12/h2-4,12H,5-10H2,1H3. The number of aryl methyl sites for hydroxylation is 1. The number of hydrogen-bond acceptors (Lipinski definition) is 3. The molecule has 0 unspecified atom stereocenters. The van der Waals surface area contributed by atoms with E-state index in [0.29, 0.717) is 37.1 Å². The molecule has 24 heavy (non-hydrogen) atoms. The molecule has 0 spiro atoms. The number of furan rings is 1. The molecule has 1 aliphatic carbocycles. The van der Waals surface area contributed by atoms with Crippen LogP contribution in [-0.2, 0) is 4.79 Å². The third kappa shape index (κ3) is 2.46. The zero-order valence-electron chi connectivity index (χ0n) is 13.5. The highest BCUT2D eigenvalue weighted by molar-refractivity contribution is 5.99. The number of carbonyl (C=O) groups excluding carboxylic acids is 2. The average Bonchev–Trinajstić information content (AvgIpc) is 3.39. The number of hydrogen-bond donors (Lipinski definition) is 0. The molecule has 2 amide bonds. The molecule has 6 heteroatoms. The Morgan fingerprint density at radius 1 is 1.12 bits per heavy atom. The van der Waals surface area contributed by atoms with Crippen LogP contribution in [0.4, 0.5) is 4.39 Å². The number of halogens is 1. The third-order valence-corrected chi connectivity index (χ3v) is 4.92. The van der Waals surface area contributed by atoms with Crippen molar-refractivity contribution in [3.63, 3.8) is 0 Å². The lowest BCUT2D eigenvalue weighted by atomic mass is 10.1. The summed E-state index contributed by atoms with van der Waals surface area (Å²) >= 11 is 0. The van der Waals surface area contributed by atoms with Gasteiger partial charge in [0.1, 0.15) is 0 Å². The second-order valence-corrected chi connectivity index (χ2v) is 6.56. The lowest BCUT2D eigenvalue weighted by Gasteiger charge is -2.34. The molecule has 126 valence electrons. The van der Waals surface area contributed by atoms with Crippen molar-refractivity contribution in [2.45, 2.75) is 19.8 Å². The van der Waals surface area contributed by atoms with E-state index >= 15 is 0 Å². The number of rotatable bonds is 2. The number of nitrogens with zero attached hydrogens (tertiary/aromatic N) is 2. The van der Waals surface area contributed by atoms with E-state index in [-0.39, 0.29) is 29.1 Å². The fourth-order valence-corrected chi connectivity index (χ4v) is 3.27. The predicted octanol–water partition coefficient (Wildman–Crippen LogP) is 2.57. The van der Waals surface area contributed by atoms with Crippen LogP contribution in [0.5, 0.6) is 0 Å². The van der Waals surface area contributed by atoms with Gasteiger partial charge in [-0.25, -0.2) is 4.39 Å². The third-order valence-electron chi connectivity index (χ3n) is 4.92. The summed E-state index contributed by atoms with van der Waals surface area (Å²) in [5, 5.41) is 0.626. The number of carbonyl (C=O) groups is 2. The van der Waals surface area contributed by atoms with Gasteiger partial charge in [-0.3, -0.25) is 9.59 Å². The summed E-state index contributed by atoms with van der Waals surface area (Å²) in [5.41, 5.74) is 0.784. The van der Waals surface area contributed by atoms with Gasteiger partial charge in [0, 0.05) is 43.0 Å². The van der Waals surface area contributed by atoms with Crippen molar-refractivity contribution in [3.05, 3.63) is 35.3 Å². The molecule has 1 saturated carbocycles. The Morgan fingerprint density at radius 3 is 2.42 bits per heavy atom. The van der Waals surface area contributed by atoms with E-state index in [9.17, 15) is 14.0 Å². The van der Waals surface area contributed by atoms with Gasteiger partial charge in [0.15, 0.2) is 17.2 Å². The summed E-state index contributed by atoms with van der Waals surface area (Å²) in [4.78, 5) is 28.3. The van der Waals surface area contributed by atoms with Crippen molar-refractivity contribution < 1.29 is 18.4 Å². The van der Waals surface area contributed by atoms with E-state index in [1.54, 1.807) is 24.0 Å². The van der Waals surface area contributed by atoms with Gasteiger partial charge in [0.05, 0.1) is 0 Å². The van der Waals surface area contributed by atoms with Crippen LogP contribution in [0.1, 0.15) is 29.0 Å². The Labute approximate surface area is 139 Å². The minimum atomic E-state index is -0.463. The molecule has 2 aliphatic rings. The molecule has 2 heterocycles. The second-order valence-electron chi connectivity index (χ2n) is 6.56. The van der Waals surface area contributed by atoms with E-state index in [1.165, 1.54) is 6.07 Å². The molecule has 2 fully saturated rings. The first-order valence-electron chi connectivity index (χ1n) is 8.32. The first kappa shape index (κ1) is 15.2. The van der Waals surface area contributed by atoms with Gasteiger partial charge in [-0.15, -0.1) is 0 Å². The monoisotopic (exact) mass is 330 g/mol. The molecule has 1 saturated heterocycles. The van der Waals surface area contributed by atoms with Crippen molar-refractivity contribution >= 4 is 22.8 Å². The van der Waals surface area contributed by atoms with Crippen molar-refractivity contribution in [2.75, 3.05) is 26.2 Å². The van der Waals surface area contributed by atoms with Crippen LogP contribution in [-0.4, -0.2) is 47.8 Å². The van der Waals surface area contributed by atoms with Gasteiger partial charge in [-0.2, -0.15) is 0 Å². The average molecular weight is 330 g/mol. The molecular weight excluding hydrogens is 311 g/mol. The van der Waals surface area contributed by atoms with Crippen LogP contribution in [0.25, 0.3) is 11.0 Å². The minimum Gasteiger partial charge on any atom is -0.448 e. The van der Waals surface area contributed by atoms with Crippen LogP contribution in [0, 0.1) is 18.7 Å². The molecule has 1 aromatic heterocycles. The quantitative estimate of drug-likeness (QED) is 0.850. The van der Waals surface area contributed by atoms with E-state index in [2.05, 4.69) is 0 Å². The minimum absolute atomic E-state index is 0.126. The predicted molar refractivity (Wildman–Crippen MR) is 86.1 cm³/mol. The summed E-state index contributed by atoms with van der Waals surface area (Å²) in [5.74, 6) is -0.0925. The normalized spacial score (nSPS) is 18.2. The number of piperazine rings is 1. The first-order chi connectivity index (χ1) is 11.6. The van der Waals surface area contributed by atoms with Gasteiger partial charge >= 0.3 is 0 Å². The summed E-state index contributed by atoms with van der Waals surface area (Å²) in [6.07, 6.45) is 1.98. The molecule has 0 radical (unpaired) electrons. The van der Waals surface area contributed by atoms with Gasteiger partial charge < -0.3 is 14.2 Å². The molecule has 0 bridgehead atoms. The van der Waals surface area contributed by atoms with Gasteiger partial charge in [0.2, 0.25) is 5.91 Å². The lowest BCUT2D eigenvalue weighted by Crippen LogP contribution is -2.51. The van der Waals surface area contributed by atoms with Crippen LogP contribution < -0.4 is 0 Å². The van der Waals surface area contributed by atoms with E-state index in [1.807, 2.05) is 4.90 Å². The van der Waals surface area contributed by atoms with Crippen LogP contribution >= 0.6 is 0 Å². The highest BCUT2D eigenvalue weighted by Gasteiger charge is 2.35. The lowest BCUT2D eigenvalue weighted by molar-refractivity contribution is -0.134. The van der Waals surface area contributed by atoms with Gasteiger partial charge in [-0.05, 0) is 25.8 Å². The molecule has 4 rings (SSSR count). The summed E-state index contributed by atoms with van der Waals surface area (Å²) in [6.45, 7) is 3.83. The van der Waals surface area contributed by atoms with Gasteiger partial charge in [-0.1, -0.05) is 12.1 Å². The zero-order chi connectivity index (χ0) is 16.8. The Hall–Kier alpha value is -2.37. The summed E-state index contributed by atoms with van der Waals surface area (Å²) in [6, 6.07) is 4.68. The number of amides is 2. The van der Waals surface area contributed by atoms with Crippen molar-refractivity contribution in [1.29, 1.82) is 0 Å². The fraction of sp³-hybridized carbons (Fsp3) is 0.444. The molecule has 0 N–H and O–H groups in total. The molecule has 0 atom stereocenters. The van der Waals surface area contributed by atoms with Crippen LogP contribution in [0.3, 0.4) is 0 Å². The highest BCUT2D eigenvalue weighted by Crippen LogP contribution is 2.32. The maximum absolute atomic E-state index is 13.8. The Kier molecular flexibility index (Phi) is 3.55. The molecule has 5 nitrogen and oxygen atoms in total. The van der Waals surface area contributed by atoms with Gasteiger partial charge in [0.25, 0.3) is 5.91 Å². The van der Waals surface area contributed by atoms with Crippen molar-refractivity contribution in [1.82, 2.24) is 9.80 Å². The largest absolute Gasteiger partial charge is 0.448 e. The maximum atomic E-state index is 13.8.